The van der Waals surface area contributed by atoms with E-state index >= 15 is 0 Å². The number of hydrogen-bond acceptors (Lipinski definition) is 0. The molecule has 1 aromatic carbocycles. The molecule has 0 atom stereocenters. The van der Waals surface area contributed by atoms with Crippen LogP contribution in [0, 0.1) is 32.5 Å². The Labute approximate surface area is 180 Å². The summed E-state index contributed by atoms with van der Waals surface area (Å²) in [6.07, 6.45) is 6.40. The molecular weight excluding hydrogens is 348 g/mol. The Morgan fingerprint density at radius 3 is 1.59 bits per heavy atom. The largest absolute Gasteiger partial charge is 0.0690 e. The Balaban J connectivity index is 2.52. The number of benzene rings is 1. The fourth-order valence-electron chi connectivity index (χ4n) is 7.12. The highest BCUT2D eigenvalue weighted by Crippen LogP contribution is 2.73. The molecule has 0 bridgehead atoms. The van der Waals surface area contributed by atoms with Gasteiger partial charge in [0.1, 0.15) is 0 Å². The van der Waals surface area contributed by atoms with Gasteiger partial charge in [0.25, 0.3) is 0 Å². The van der Waals surface area contributed by atoms with Crippen LogP contribution in [0.4, 0.5) is 0 Å². The Morgan fingerprint density at radius 2 is 1.14 bits per heavy atom. The van der Waals surface area contributed by atoms with E-state index in [4.69, 9.17) is 0 Å². The predicted octanol–water partition coefficient (Wildman–Crippen LogP) is 9.03. The van der Waals surface area contributed by atoms with Gasteiger partial charge < -0.3 is 0 Å². The van der Waals surface area contributed by atoms with Gasteiger partial charge in [-0.2, -0.15) is 0 Å². The Kier molecular flexibility index (Phi) is 4.72. The van der Waals surface area contributed by atoms with Crippen LogP contribution in [0.2, 0.25) is 0 Å². The summed E-state index contributed by atoms with van der Waals surface area (Å²) >= 11 is 0. The van der Waals surface area contributed by atoms with Crippen molar-refractivity contribution in [2.45, 2.75) is 89.5 Å². The highest BCUT2D eigenvalue weighted by molar-refractivity contribution is 5.97. The fourth-order valence-corrected chi connectivity index (χ4v) is 7.12. The minimum atomic E-state index is 0.0731. The molecule has 3 rings (SSSR count). The molecule has 0 saturated heterocycles. The topological polar surface area (TPSA) is 0 Å². The lowest BCUT2D eigenvalue weighted by Gasteiger charge is -2.66. The molecule has 0 saturated carbocycles. The molecule has 0 aliphatic heterocycles. The van der Waals surface area contributed by atoms with Crippen molar-refractivity contribution in [3.05, 3.63) is 47.0 Å². The lowest BCUT2D eigenvalue weighted by atomic mass is 9.38. The molecule has 0 amide bonds. The second kappa shape index (κ2) is 6.12. The average molecular weight is 393 g/mol. The molecule has 0 spiro atoms. The lowest BCUT2D eigenvalue weighted by Crippen LogP contribution is -2.58. The van der Waals surface area contributed by atoms with E-state index in [0.29, 0.717) is 0 Å². The average Bonchev–Trinajstić information content (AvgIpc) is 2.88. The Hall–Kier alpha value is -1.30. The van der Waals surface area contributed by atoms with E-state index in [2.05, 4.69) is 120 Å². The zero-order valence-electron chi connectivity index (χ0n) is 21.2. The van der Waals surface area contributed by atoms with Crippen molar-refractivity contribution in [3.63, 3.8) is 0 Å². The third-order valence-electron chi connectivity index (χ3n) is 8.47. The quantitative estimate of drug-likeness (QED) is 0.413. The summed E-state index contributed by atoms with van der Waals surface area (Å²) < 4.78 is 0. The maximum Gasteiger partial charge on any atom is 0.00648 e. The van der Waals surface area contributed by atoms with Crippen molar-refractivity contribution in [2.24, 2.45) is 32.5 Å². The highest BCUT2D eigenvalue weighted by Gasteiger charge is 2.64. The Morgan fingerprint density at radius 1 is 0.655 bits per heavy atom. The molecule has 29 heavy (non-hydrogen) atoms. The van der Waals surface area contributed by atoms with Crippen molar-refractivity contribution in [1.29, 1.82) is 0 Å². The van der Waals surface area contributed by atoms with Gasteiger partial charge in [0.2, 0.25) is 0 Å². The van der Waals surface area contributed by atoms with Crippen molar-refractivity contribution in [2.75, 3.05) is 0 Å². The van der Waals surface area contributed by atoms with Crippen LogP contribution in [-0.2, 0) is 0 Å². The van der Waals surface area contributed by atoms with Crippen LogP contribution in [0.1, 0.15) is 101 Å². The first-order valence-electron chi connectivity index (χ1n) is 11.4. The van der Waals surface area contributed by atoms with Gasteiger partial charge in [0.15, 0.2) is 0 Å². The normalized spacial score (nSPS) is 21.2. The molecule has 0 aromatic heterocycles. The van der Waals surface area contributed by atoms with E-state index < -0.39 is 0 Å². The maximum absolute atomic E-state index is 2.69. The number of fused-ring (bicyclic) bond motifs is 3. The summed E-state index contributed by atoms with van der Waals surface area (Å²) in [5.74, 6) is 0. The van der Waals surface area contributed by atoms with Crippen LogP contribution in [0.15, 0.2) is 35.9 Å². The van der Waals surface area contributed by atoms with Crippen LogP contribution in [0.25, 0.3) is 11.6 Å². The third-order valence-corrected chi connectivity index (χ3v) is 8.47. The molecule has 0 nitrogen and oxygen atoms in total. The lowest BCUT2D eigenvalue weighted by molar-refractivity contribution is -0.0971. The van der Waals surface area contributed by atoms with E-state index in [-0.39, 0.29) is 32.5 Å². The van der Waals surface area contributed by atoms with Crippen molar-refractivity contribution in [3.8, 4) is 0 Å². The number of rotatable bonds is 0. The van der Waals surface area contributed by atoms with Crippen molar-refractivity contribution in [1.82, 2.24) is 0 Å². The first-order chi connectivity index (χ1) is 12.9. The zero-order chi connectivity index (χ0) is 22.3. The Bertz CT molecular complexity index is 832. The van der Waals surface area contributed by atoms with Crippen LogP contribution >= 0.6 is 0 Å². The van der Waals surface area contributed by atoms with Crippen molar-refractivity contribution >= 4 is 11.6 Å². The van der Waals surface area contributed by atoms with Crippen LogP contribution in [-0.4, -0.2) is 0 Å². The highest BCUT2D eigenvalue weighted by atomic mass is 14.7. The molecular formula is C29H44. The SMILES string of the molecule is CC(C)(C)C1(C(C)(C)C)C=C2C(=Cc3ccccc32)C(C(C)(C)C)(C(C)(C)C)C1. The van der Waals surface area contributed by atoms with Gasteiger partial charge >= 0.3 is 0 Å². The fraction of sp³-hybridized carbons (Fsp3) is 0.655. The summed E-state index contributed by atoms with van der Waals surface area (Å²) in [5.41, 5.74) is 6.65. The third kappa shape index (κ3) is 2.92. The summed E-state index contributed by atoms with van der Waals surface area (Å²) in [6.45, 7) is 29.6. The van der Waals surface area contributed by atoms with Gasteiger partial charge in [-0.3, -0.25) is 0 Å². The first-order valence-corrected chi connectivity index (χ1v) is 11.4. The van der Waals surface area contributed by atoms with Gasteiger partial charge in [-0.05, 0) is 61.8 Å². The summed E-state index contributed by atoms with van der Waals surface area (Å²) in [4.78, 5) is 0. The van der Waals surface area contributed by atoms with Gasteiger partial charge in [-0.1, -0.05) is 113 Å². The van der Waals surface area contributed by atoms with Gasteiger partial charge in [-0.25, -0.2) is 0 Å². The molecule has 0 heterocycles. The second-order valence-corrected chi connectivity index (χ2v) is 13.8. The second-order valence-electron chi connectivity index (χ2n) is 13.8. The van der Waals surface area contributed by atoms with E-state index in [1.165, 1.54) is 23.1 Å². The maximum atomic E-state index is 2.69. The minimum absolute atomic E-state index is 0.0731. The molecule has 1 aromatic rings. The van der Waals surface area contributed by atoms with E-state index in [9.17, 15) is 0 Å². The molecule has 0 fully saturated rings. The van der Waals surface area contributed by atoms with Crippen LogP contribution in [0.5, 0.6) is 0 Å². The molecule has 2 aliphatic rings. The zero-order valence-corrected chi connectivity index (χ0v) is 21.2. The first kappa shape index (κ1) is 22.4. The smallest absolute Gasteiger partial charge is 0.00648 e. The molecule has 0 N–H and O–H groups in total. The summed E-state index contributed by atoms with van der Waals surface area (Å²) in [6, 6.07) is 9.02. The number of hydrogen-bond donors (Lipinski definition) is 0. The van der Waals surface area contributed by atoms with E-state index in [1.54, 1.807) is 5.57 Å². The van der Waals surface area contributed by atoms with Gasteiger partial charge in [0, 0.05) is 5.41 Å². The van der Waals surface area contributed by atoms with Crippen LogP contribution < -0.4 is 0 Å². The van der Waals surface area contributed by atoms with E-state index in [1.807, 2.05) is 0 Å². The summed E-state index contributed by atoms with van der Waals surface area (Å²) in [5, 5.41) is 0. The molecule has 0 heteroatoms. The number of allylic oxidation sites excluding steroid dienone is 3. The minimum Gasteiger partial charge on any atom is -0.0690 e. The standard InChI is InChI=1S/C29H44/c1-24(2,3)28(25(4,5)6)18-22-21-16-14-13-15-20(21)17-23(22)29(19-28,26(7,8)9)27(10,11)12/h13-18H,19H2,1-12H3. The van der Waals surface area contributed by atoms with Crippen molar-refractivity contribution < 1.29 is 0 Å². The predicted molar refractivity (Wildman–Crippen MR) is 130 cm³/mol. The molecule has 0 radical (unpaired) electrons. The van der Waals surface area contributed by atoms with Gasteiger partial charge in [0.05, 0.1) is 0 Å². The van der Waals surface area contributed by atoms with Crippen LogP contribution in [0.3, 0.4) is 0 Å². The monoisotopic (exact) mass is 392 g/mol. The van der Waals surface area contributed by atoms with E-state index in [0.717, 1.165) is 0 Å². The molecule has 0 unspecified atom stereocenters. The molecule has 160 valence electrons. The molecule has 2 aliphatic carbocycles. The summed E-state index contributed by atoms with van der Waals surface area (Å²) in [7, 11) is 0. The van der Waals surface area contributed by atoms with Gasteiger partial charge in [-0.15, -0.1) is 0 Å².